The molecule has 2 aromatic heterocycles. The summed E-state index contributed by atoms with van der Waals surface area (Å²) in [6.45, 7) is 3.86. The normalized spacial score (nSPS) is 11.3. The monoisotopic (exact) mass is 353 g/mol. The van der Waals surface area contributed by atoms with Crippen molar-refractivity contribution in [3.63, 3.8) is 0 Å². The van der Waals surface area contributed by atoms with Gasteiger partial charge in [0.25, 0.3) is 0 Å². The molecule has 2 N–H and O–H groups in total. The minimum absolute atomic E-state index is 0.605. The molecule has 132 valence electrons. The van der Waals surface area contributed by atoms with Gasteiger partial charge in [-0.3, -0.25) is 5.10 Å². The zero-order valence-electron chi connectivity index (χ0n) is 15.2. The minimum atomic E-state index is -0.605. The molecular weight excluding hydrogens is 334 g/mol. The van der Waals surface area contributed by atoms with E-state index in [1.54, 1.807) is 12.4 Å². The van der Waals surface area contributed by atoms with Gasteiger partial charge in [0.1, 0.15) is 0 Å². The minimum Gasteiger partial charge on any atom is -0.356 e. The van der Waals surface area contributed by atoms with Gasteiger partial charge in [0.15, 0.2) is 5.65 Å². The van der Waals surface area contributed by atoms with E-state index in [2.05, 4.69) is 38.7 Å². The Kier molecular flexibility index (Phi) is 4.09. The quantitative estimate of drug-likeness (QED) is 0.530. The van der Waals surface area contributed by atoms with Crippen LogP contribution in [0.3, 0.4) is 0 Å². The summed E-state index contributed by atoms with van der Waals surface area (Å²) < 4.78 is 0. The number of hydrogen-bond donors (Lipinski definition) is 2. The van der Waals surface area contributed by atoms with Crippen molar-refractivity contribution in [2.45, 2.75) is 19.3 Å². The molecule has 0 bridgehead atoms. The first-order valence-electron chi connectivity index (χ1n) is 8.74. The van der Waals surface area contributed by atoms with Gasteiger partial charge in [-0.15, -0.1) is 0 Å². The lowest BCUT2D eigenvalue weighted by Gasteiger charge is -2.19. The molecule has 2 aromatic carbocycles. The molecule has 27 heavy (non-hydrogen) atoms. The first-order chi connectivity index (χ1) is 13.1. The highest BCUT2D eigenvalue weighted by molar-refractivity contribution is 5.93. The van der Waals surface area contributed by atoms with Crippen molar-refractivity contribution in [1.82, 2.24) is 15.2 Å². The summed E-state index contributed by atoms with van der Waals surface area (Å²) in [7, 11) is 0. The number of nitrogens with one attached hydrogen (secondary N) is 2. The van der Waals surface area contributed by atoms with E-state index in [0.717, 1.165) is 39.1 Å². The second-order valence-corrected chi connectivity index (χ2v) is 7.02. The Bertz CT molecular complexity index is 1140. The molecule has 0 saturated carbocycles. The van der Waals surface area contributed by atoms with Crippen molar-refractivity contribution < 1.29 is 0 Å². The van der Waals surface area contributed by atoms with Crippen LogP contribution in [0.2, 0.25) is 0 Å². The number of pyridine rings is 1. The summed E-state index contributed by atoms with van der Waals surface area (Å²) in [6, 6.07) is 20.6. The Hall–Kier alpha value is -3.65. The molecule has 5 heteroatoms. The third-order valence-corrected chi connectivity index (χ3v) is 4.66. The van der Waals surface area contributed by atoms with Crippen LogP contribution in [-0.2, 0) is 5.41 Å². The molecule has 0 amide bonds. The number of aromatic amines is 1. The number of para-hydroxylation sites is 1. The van der Waals surface area contributed by atoms with Crippen LogP contribution in [0.5, 0.6) is 0 Å². The van der Waals surface area contributed by atoms with E-state index >= 15 is 0 Å². The summed E-state index contributed by atoms with van der Waals surface area (Å²) >= 11 is 0. The molecular formula is C22H19N5. The average molecular weight is 353 g/mol. The number of H-pyrrole nitrogens is 1. The van der Waals surface area contributed by atoms with Crippen LogP contribution in [0.1, 0.15) is 19.4 Å². The van der Waals surface area contributed by atoms with Crippen molar-refractivity contribution in [2.24, 2.45) is 0 Å². The van der Waals surface area contributed by atoms with Gasteiger partial charge in [0, 0.05) is 23.0 Å². The van der Waals surface area contributed by atoms with Gasteiger partial charge in [-0.1, -0.05) is 18.2 Å². The number of rotatable bonds is 4. The van der Waals surface area contributed by atoms with Crippen molar-refractivity contribution in [3.8, 4) is 17.2 Å². The highest BCUT2D eigenvalue weighted by atomic mass is 15.1. The standard InChI is InChI=1S/C22H19N5/c1-22(2,14-23)16-10-15(19-8-9-24-21-20(19)13-25-27-21)11-18(12-16)26-17-6-4-3-5-7-17/h3-13,26H,1-2H3,(H,24,25,27). The Labute approximate surface area is 157 Å². The van der Waals surface area contributed by atoms with Gasteiger partial charge in [0.05, 0.1) is 17.7 Å². The second-order valence-electron chi connectivity index (χ2n) is 7.02. The molecule has 4 rings (SSSR count). The van der Waals surface area contributed by atoms with Gasteiger partial charge in [-0.05, 0) is 66.9 Å². The zero-order chi connectivity index (χ0) is 18.9. The summed E-state index contributed by atoms with van der Waals surface area (Å²) in [6.07, 6.45) is 3.55. The highest BCUT2D eigenvalue weighted by Gasteiger charge is 2.22. The molecule has 2 heterocycles. The van der Waals surface area contributed by atoms with Gasteiger partial charge < -0.3 is 5.32 Å². The third kappa shape index (κ3) is 3.25. The number of nitriles is 1. The Morgan fingerprint density at radius 3 is 2.63 bits per heavy atom. The lowest BCUT2D eigenvalue weighted by atomic mass is 9.84. The van der Waals surface area contributed by atoms with Crippen molar-refractivity contribution in [2.75, 3.05) is 5.32 Å². The predicted molar refractivity (Wildman–Crippen MR) is 108 cm³/mol. The SMILES string of the molecule is CC(C)(C#N)c1cc(Nc2ccccc2)cc(-c2ccnc3[nH]ncc23)c1. The van der Waals surface area contributed by atoms with Crippen LogP contribution in [0, 0.1) is 11.3 Å². The predicted octanol–water partition coefficient (Wildman–Crippen LogP) is 5.17. The fourth-order valence-electron chi connectivity index (χ4n) is 3.07. The molecule has 4 aromatic rings. The van der Waals surface area contributed by atoms with E-state index in [-0.39, 0.29) is 0 Å². The second kappa shape index (κ2) is 6.58. The Morgan fingerprint density at radius 2 is 1.85 bits per heavy atom. The zero-order valence-corrected chi connectivity index (χ0v) is 15.2. The van der Waals surface area contributed by atoms with Gasteiger partial charge in [-0.2, -0.15) is 10.4 Å². The van der Waals surface area contributed by atoms with E-state index in [4.69, 9.17) is 0 Å². The van der Waals surface area contributed by atoms with Gasteiger partial charge in [0.2, 0.25) is 0 Å². The molecule has 0 saturated heterocycles. The maximum absolute atomic E-state index is 9.63. The van der Waals surface area contributed by atoms with E-state index in [9.17, 15) is 5.26 Å². The largest absolute Gasteiger partial charge is 0.356 e. The van der Waals surface area contributed by atoms with Crippen LogP contribution in [0.25, 0.3) is 22.2 Å². The summed E-state index contributed by atoms with van der Waals surface area (Å²) in [5, 5.41) is 21.1. The molecule has 0 fully saturated rings. The van der Waals surface area contributed by atoms with Crippen molar-refractivity contribution in [3.05, 3.63) is 72.6 Å². The van der Waals surface area contributed by atoms with E-state index in [1.165, 1.54) is 0 Å². The van der Waals surface area contributed by atoms with Crippen LogP contribution < -0.4 is 5.32 Å². The fraction of sp³-hybridized carbons (Fsp3) is 0.136. The molecule has 0 aliphatic rings. The topological polar surface area (TPSA) is 77.4 Å². The first kappa shape index (κ1) is 16.8. The van der Waals surface area contributed by atoms with Crippen molar-refractivity contribution >= 4 is 22.4 Å². The molecule has 0 aliphatic heterocycles. The van der Waals surface area contributed by atoms with Gasteiger partial charge >= 0.3 is 0 Å². The summed E-state index contributed by atoms with van der Waals surface area (Å²) in [5.74, 6) is 0. The van der Waals surface area contributed by atoms with Crippen molar-refractivity contribution in [1.29, 1.82) is 5.26 Å². The number of hydrogen-bond acceptors (Lipinski definition) is 4. The molecule has 0 unspecified atom stereocenters. The fourth-order valence-corrected chi connectivity index (χ4v) is 3.07. The molecule has 0 aliphatic carbocycles. The van der Waals surface area contributed by atoms with E-state index in [1.807, 2.05) is 56.3 Å². The molecule has 0 atom stereocenters. The molecule has 0 radical (unpaired) electrons. The maximum Gasteiger partial charge on any atom is 0.155 e. The number of benzene rings is 2. The van der Waals surface area contributed by atoms with Crippen LogP contribution >= 0.6 is 0 Å². The lowest BCUT2D eigenvalue weighted by molar-refractivity contribution is 0.687. The van der Waals surface area contributed by atoms with E-state index in [0.29, 0.717) is 0 Å². The van der Waals surface area contributed by atoms with Crippen LogP contribution in [0.4, 0.5) is 11.4 Å². The number of nitrogens with zero attached hydrogens (tertiary/aromatic N) is 3. The maximum atomic E-state index is 9.63. The Morgan fingerprint density at radius 1 is 1.04 bits per heavy atom. The van der Waals surface area contributed by atoms with Crippen LogP contribution in [-0.4, -0.2) is 15.2 Å². The lowest BCUT2D eigenvalue weighted by Crippen LogP contribution is -2.14. The van der Waals surface area contributed by atoms with Crippen LogP contribution in [0.15, 0.2) is 67.0 Å². The molecule has 5 nitrogen and oxygen atoms in total. The number of aromatic nitrogens is 3. The number of fused-ring (bicyclic) bond motifs is 1. The summed E-state index contributed by atoms with van der Waals surface area (Å²) in [5.41, 5.74) is 5.07. The van der Waals surface area contributed by atoms with Gasteiger partial charge in [-0.25, -0.2) is 4.98 Å². The molecule has 0 spiro atoms. The first-order valence-corrected chi connectivity index (χ1v) is 8.74. The average Bonchev–Trinajstić information content (AvgIpc) is 3.17. The highest BCUT2D eigenvalue weighted by Crippen LogP contribution is 2.34. The van der Waals surface area contributed by atoms with E-state index < -0.39 is 5.41 Å². The summed E-state index contributed by atoms with van der Waals surface area (Å²) in [4.78, 5) is 4.32. The number of anilines is 2. The smallest absolute Gasteiger partial charge is 0.155 e. The Balaban J connectivity index is 1.88. The third-order valence-electron chi connectivity index (χ3n) is 4.66.